The van der Waals surface area contributed by atoms with Crippen molar-refractivity contribution in [2.24, 2.45) is 0 Å². The zero-order chi connectivity index (χ0) is 18.8. The number of urea groups is 1. The number of aryl methyl sites for hydroxylation is 1. The summed E-state index contributed by atoms with van der Waals surface area (Å²) in [5, 5.41) is 4.20. The fraction of sp³-hybridized carbons (Fsp3) is 0.438. The maximum atomic E-state index is 11.7. The molecule has 1 aromatic carbocycles. The summed E-state index contributed by atoms with van der Waals surface area (Å²) in [6.45, 7) is -0.526. The average Bonchev–Trinajstić information content (AvgIpc) is 2.63. The Morgan fingerprint density at radius 3 is 2.08 bits per heavy atom. The Kier molecular flexibility index (Phi) is 8.04. The van der Waals surface area contributed by atoms with Gasteiger partial charge in [-0.15, -0.1) is 0 Å². The molecule has 0 fully saturated rings. The molecule has 0 heterocycles. The average molecular weight is 354 g/mol. The molecule has 0 unspecified atom stereocenters. The second kappa shape index (κ2) is 10.0. The molecule has 3 amide bonds. The van der Waals surface area contributed by atoms with Crippen molar-refractivity contribution < 1.29 is 33.3 Å². The smallest absolute Gasteiger partial charge is 0.321 e. The van der Waals surface area contributed by atoms with Crippen LogP contribution in [0.15, 0.2) is 12.1 Å². The quantitative estimate of drug-likeness (QED) is 0.659. The minimum atomic E-state index is -0.708. The molecule has 0 saturated carbocycles. The molecule has 0 bridgehead atoms. The lowest BCUT2D eigenvalue weighted by Gasteiger charge is -2.14. The minimum Gasteiger partial charge on any atom is -0.493 e. The van der Waals surface area contributed by atoms with Crippen LogP contribution in [-0.4, -0.2) is 52.9 Å². The number of amides is 3. The molecule has 0 radical (unpaired) electrons. The lowest BCUT2D eigenvalue weighted by molar-refractivity contribution is -0.148. The molecule has 0 saturated heterocycles. The number of nitrogens with one attached hydrogen (secondary N) is 2. The molecule has 0 aliphatic heterocycles. The number of carbonyl (C=O) groups excluding carboxylic acids is 3. The van der Waals surface area contributed by atoms with Gasteiger partial charge in [0.25, 0.3) is 5.91 Å². The summed E-state index contributed by atoms with van der Waals surface area (Å²) in [6, 6.07) is 2.79. The van der Waals surface area contributed by atoms with Crippen LogP contribution in [0.2, 0.25) is 0 Å². The predicted molar refractivity (Wildman–Crippen MR) is 88.0 cm³/mol. The first-order chi connectivity index (χ1) is 11.9. The summed E-state index contributed by atoms with van der Waals surface area (Å²) in [7, 11) is 5.87. The number of hydrogen-bond acceptors (Lipinski definition) is 7. The third-order valence-electron chi connectivity index (χ3n) is 3.19. The van der Waals surface area contributed by atoms with Gasteiger partial charge in [-0.2, -0.15) is 0 Å². The van der Waals surface area contributed by atoms with E-state index in [1.807, 2.05) is 5.32 Å². The second-order valence-corrected chi connectivity index (χ2v) is 4.82. The van der Waals surface area contributed by atoms with E-state index in [1.165, 1.54) is 28.4 Å². The molecule has 1 rings (SSSR count). The molecule has 0 aliphatic carbocycles. The van der Waals surface area contributed by atoms with Crippen LogP contribution in [0.5, 0.6) is 17.2 Å². The highest BCUT2D eigenvalue weighted by Gasteiger charge is 2.15. The maximum absolute atomic E-state index is 11.7. The molecule has 138 valence electrons. The van der Waals surface area contributed by atoms with Crippen molar-refractivity contribution in [3.63, 3.8) is 0 Å². The molecular weight excluding hydrogens is 332 g/mol. The highest BCUT2D eigenvalue weighted by atomic mass is 16.5. The number of hydrogen-bond donors (Lipinski definition) is 2. The highest BCUT2D eigenvalue weighted by molar-refractivity contribution is 5.95. The maximum Gasteiger partial charge on any atom is 0.321 e. The highest BCUT2D eigenvalue weighted by Crippen LogP contribution is 2.38. The van der Waals surface area contributed by atoms with Gasteiger partial charge in [-0.05, 0) is 24.1 Å². The number of imide groups is 1. The van der Waals surface area contributed by atoms with Crippen LogP contribution in [-0.2, 0) is 20.7 Å². The van der Waals surface area contributed by atoms with E-state index in [9.17, 15) is 14.4 Å². The van der Waals surface area contributed by atoms with Crippen molar-refractivity contribution in [3.05, 3.63) is 17.7 Å². The largest absolute Gasteiger partial charge is 0.493 e. The Morgan fingerprint density at radius 1 is 1.00 bits per heavy atom. The summed E-state index contributed by atoms with van der Waals surface area (Å²) in [5.41, 5.74) is 0.779. The van der Waals surface area contributed by atoms with E-state index < -0.39 is 24.5 Å². The Labute approximate surface area is 145 Å². The molecule has 9 heteroatoms. The molecule has 0 aromatic heterocycles. The van der Waals surface area contributed by atoms with Crippen LogP contribution in [0.4, 0.5) is 4.79 Å². The van der Waals surface area contributed by atoms with Crippen LogP contribution in [0.3, 0.4) is 0 Å². The first-order valence-corrected chi connectivity index (χ1v) is 7.41. The molecule has 0 atom stereocenters. The van der Waals surface area contributed by atoms with Gasteiger partial charge in [0.15, 0.2) is 18.1 Å². The second-order valence-electron chi connectivity index (χ2n) is 4.82. The van der Waals surface area contributed by atoms with Gasteiger partial charge in [0.1, 0.15) is 0 Å². The number of esters is 1. The summed E-state index contributed by atoms with van der Waals surface area (Å²) >= 11 is 0. The molecule has 0 aliphatic rings. The summed E-state index contributed by atoms with van der Waals surface area (Å²) < 4.78 is 20.5. The van der Waals surface area contributed by atoms with E-state index in [4.69, 9.17) is 18.9 Å². The summed E-state index contributed by atoms with van der Waals surface area (Å²) in [6.07, 6.45) is 0.401. The molecular formula is C16H22N2O7. The molecule has 0 spiro atoms. The zero-order valence-corrected chi connectivity index (χ0v) is 14.6. The van der Waals surface area contributed by atoms with E-state index >= 15 is 0 Å². The van der Waals surface area contributed by atoms with E-state index in [-0.39, 0.29) is 6.42 Å². The van der Waals surface area contributed by atoms with Crippen LogP contribution >= 0.6 is 0 Å². The van der Waals surface area contributed by atoms with E-state index in [0.717, 1.165) is 5.56 Å². The van der Waals surface area contributed by atoms with E-state index in [0.29, 0.717) is 23.7 Å². The van der Waals surface area contributed by atoms with Crippen molar-refractivity contribution >= 4 is 17.9 Å². The fourth-order valence-electron chi connectivity index (χ4n) is 1.97. The van der Waals surface area contributed by atoms with Crippen LogP contribution in [0.1, 0.15) is 12.0 Å². The van der Waals surface area contributed by atoms with Crippen LogP contribution in [0, 0.1) is 0 Å². The topological polar surface area (TPSA) is 112 Å². The van der Waals surface area contributed by atoms with Gasteiger partial charge in [-0.25, -0.2) is 4.79 Å². The SMILES string of the molecule is CNC(=O)NC(=O)COC(=O)CCc1cc(OC)c(OC)c(OC)c1. The van der Waals surface area contributed by atoms with E-state index in [2.05, 4.69) is 5.32 Å². The Bertz CT molecular complexity index is 606. The number of ether oxygens (including phenoxy) is 4. The number of rotatable bonds is 8. The van der Waals surface area contributed by atoms with Gasteiger partial charge in [0.05, 0.1) is 21.3 Å². The number of methoxy groups -OCH3 is 3. The van der Waals surface area contributed by atoms with Crippen LogP contribution in [0.25, 0.3) is 0 Å². The van der Waals surface area contributed by atoms with Gasteiger partial charge >= 0.3 is 12.0 Å². The van der Waals surface area contributed by atoms with E-state index in [1.54, 1.807) is 12.1 Å². The van der Waals surface area contributed by atoms with Crippen molar-refractivity contribution in [2.75, 3.05) is 35.0 Å². The molecule has 1 aromatic rings. The van der Waals surface area contributed by atoms with Gasteiger partial charge < -0.3 is 24.3 Å². The van der Waals surface area contributed by atoms with Crippen LogP contribution < -0.4 is 24.8 Å². The zero-order valence-electron chi connectivity index (χ0n) is 14.6. The third-order valence-corrected chi connectivity index (χ3v) is 3.19. The Balaban J connectivity index is 2.58. The molecule has 25 heavy (non-hydrogen) atoms. The Hall–Kier alpha value is -2.97. The molecule has 2 N–H and O–H groups in total. The normalized spacial score (nSPS) is 9.76. The Morgan fingerprint density at radius 2 is 1.60 bits per heavy atom. The fourth-order valence-corrected chi connectivity index (χ4v) is 1.97. The van der Waals surface area contributed by atoms with Gasteiger partial charge in [0, 0.05) is 13.5 Å². The first kappa shape index (κ1) is 20.1. The van der Waals surface area contributed by atoms with Crippen molar-refractivity contribution in [2.45, 2.75) is 12.8 Å². The minimum absolute atomic E-state index is 0.0475. The lowest BCUT2D eigenvalue weighted by Crippen LogP contribution is -2.39. The molecule has 9 nitrogen and oxygen atoms in total. The number of carbonyl (C=O) groups is 3. The standard InChI is InChI=1S/C16H22N2O7/c1-17-16(21)18-13(19)9-25-14(20)6-5-10-7-11(22-2)15(24-4)12(8-10)23-3/h7-8H,5-6,9H2,1-4H3,(H2,17,18,19,21). The third kappa shape index (κ3) is 6.21. The van der Waals surface area contributed by atoms with Crippen molar-refractivity contribution in [1.29, 1.82) is 0 Å². The summed E-state index contributed by atoms with van der Waals surface area (Å²) in [4.78, 5) is 34.0. The van der Waals surface area contributed by atoms with Gasteiger partial charge in [0.2, 0.25) is 5.75 Å². The van der Waals surface area contributed by atoms with Crippen molar-refractivity contribution in [3.8, 4) is 17.2 Å². The monoisotopic (exact) mass is 354 g/mol. The van der Waals surface area contributed by atoms with Gasteiger partial charge in [-0.3, -0.25) is 14.9 Å². The first-order valence-electron chi connectivity index (χ1n) is 7.41. The van der Waals surface area contributed by atoms with Gasteiger partial charge in [-0.1, -0.05) is 0 Å². The lowest BCUT2D eigenvalue weighted by atomic mass is 10.1. The van der Waals surface area contributed by atoms with Crippen molar-refractivity contribution in [1.82, 2.24) is 10.6 Å². The number of benzene rings is 1. The summed E-state index contributed by atoms with van der Waals surface area (Å²) in [5.74, 6) is 0.147. The predicted octanol–water partition coefficient (Wildman–Crippen LogP) is 0.644.